The normalized spacial score (nSPS) is 10.7. The zero-order chi connectivity index (χ0) is 9.97. The molecular formula is C10H14N4. The minimum atomic E-state index is 0.765. The summed E-state index contributed by atoms with van der Waals surface area (Å²) in [6.07, 6.45) is 1.90. The Hall–Kier alpha value is -1.55. The lowest BCUT2D eigenvalue weighted by atomic mass is 10.3. The van der Waals surface area contributed by atoms with Crippen LogP contribution in [0.3, 0.4) is 0 Å². The summed E-state index contributed by atoms with van der Waals surface area (Å²) in [6.45, 7) is 2.80. The fraction of sp³-hybridized carbons (Fsp3) is 0.300. The minimum Gasteiger partial charge on any atom is -0.360 e. The number of rotatable bonds is 3. The van der Waals surface area contributed by atoms with Crippen molar-refractivity contribution in [1.82, 2.24) is 20.3 Å². The van der Waals surface area contributed by atoms with Gasteiger partial charge in [0.05, 0.1) is 12.2 Å². The average Bonchev–Trinajstić information content (AvgIpc) is 2.74. The van der Waals surface area contributed by atoms with Crippen molar-refractivity contribution in [2.45, 2.75) is 13.5 Å². The Morgan fingerprint density at radius 3 is 3.00 bits per heavy atom. The van der Waals surface area contributed by atoms with Gasteiger partial charge in [0.2, 0.25) is 0 Å². The number of H-pyrrole nitrogens is 2. The number of imidazole rings is 1. The largest absolute Gasteiger partial charge is 0.360 e. The lowest BCUT2D eigenvalue weighted by Crippen LogP contribution is -2.06. The van der Waals surface area contributed by atoms with E-state index >= 15 is 0 Å². The van der Waals surface area contributed by atoms with Crippen molar-refractivity contribution in [2.75, 3.05) is 7.05 Å². The van der Waals surface area contributed by atoms with E-state index < -0.39 is 0 Å². The van der Waals surface area contributed by atoms with Gasteiger partial charge < -0.3 is 15.3 Å². The van der Waals surface area contributed by atoms with Gasteiger partial charge in [-0.3, -0.25) is 0 Å². The van der Waals surface area contributed by atoms with E-state index in [1.54, 1.807) is 0 Å². The van der Waals surface area contributed by atoms with E-state index in [-0.39, 0.29) is 0 Å². The highest BCUT2D eigenvalue weighted by Gasteiger charge is 2.08. The molecule has 2 aromatic heterocycles. The Balaban J connectivity index is 2.35. The number of hydrogen-bond donors (Lipinski definition) is 3. The van der Waals surface area contributed by atoms with Crippen molar-refractivity contribution in [3.8, 4) is 11.4 Å². The maximum Gasteiger partial charge on any atom is 0.121 e. The third kappa shape index (κ3) is 1.56. The number of aryl methyl sites for hydroxylation is 1. The summed E-state index contributed by atoms with van der Waals surface area (Å²) in [5.41, 5.74) is 3.15. The van der Waals surface area contributed by atoms with Crippen LogP contribution < -0.4 is 5.32 Å². The first kappa shape index (κ1) is 9.02. The highest BCUT2D eigenvalue weighted by molar-refractivity contribution is 5.57. The summed E-state index contributed by atoms with van der Waals surface area (Å²) in [5, 5.41) is 3.07. The van der Waals surface area contributed by atoms with Crippen LogP contribution in [0.25, 0.3) is 11.4 Å². The summed E-state index contributed by atoms with van der Waals surface area (Å²) in [4.78, 5) is 10.9. The zero-order valence-corrected chi connectivity index (χ0v) is 8.39. The Bertz CT molecular complexity index is 400. The van der Waals surface area contributed by atoms with Gasteiger partial charge in [0.15, 0.2) is 0 Å². The van der Waals surface area contributed by atoms with Crippen molar-refractivity contribution >= 4 is 0 Å². The second kappa shape index (κ2) is 3.67. The first-order valence-electron chi connectivity index (χ1n) is 4.65. The minimum absolute atomic E-state index is 0.765. The van der Waals surface area contributed by atoms with Gasteiger partial charge in [-0.15, -0.1) is 0 Å². The number of aromatic amines is 2. The van der Waals surface area contributed by atoms with Gasteiger partial charge in [-0.2, -0.15) is 0 Å². The predicted octanol–water partition coefficient (Wildman–Crippen LogP) is 1.43. The third-order valence-corrected chi connectivity index (χ3v) is 2.13. The lowest BCUT2D eigenvalue weighted by Gasteiger charge is -1.92. The molecule has 2 aromatic rings. The van der Waals surface area contributed by atoms with Crippen LogP contribution >= 0.6 is 0 Å². The van der Waals surface area contributed by atoms with Crippen molar-refractivity contribution in [2.24, 2.45) is 0 Å². The van der Waals surface area contributed by atoms with Crippen LogP contribution in [0.4, 0.5) is 0 Å². The molecule has 0 spiro atoms. The molecule has 0 amide bonds. The maximum atomic E-state index is 4.49. The van der Waals surface area contributed by atoms with Crippen LogP contribution in [-0.2, 0) is 6.54 Å². The number of aromatic nitrogens is 3. The molecule has 0 aromatic carbocycles. The van der Waals surface area contributed by atoms with Crippen molar-refractivity contribution in [3.63, 3.8) is 0 Å². The van der Waals surface area contributed by atoms with Gasteiger partial charge in [-0.05, 0) is 26.1 Å². The van der Waals surface area contributed by atoms with E-state index in [2.05, 4.69) is 20.3 Å². The highest BCUT2D eigenvalue weighted by atomic mass is 15.0. The van der Waals surface area contributed by atoms with Crippen LogP contribution in [0.5, 0.6) is 0 Å². The average molecular weight is 190 g/mol. The molecule has 0 atom stereocenters. The standard InChI is InChI=1S/C10H14N4/c1-7-10(8-4-3-5-12-8)14-9(13-7)6-11-2/h3-5,11-12H,6H2,1-2H3,(H,13,14). The Morgan fingerprint density at radius 1 is 1.50 bits per heavy atom. The molecule has 0 aliphatic heterocycles. The summed E-state index contributed by atoms with van der Waals surface area (Å²) in [7, 11) is 1.91. The van der Waals surface area contributed by atoms with Crippen LogP contribution in [0.1, 0.15) is 11.5 Å². The van der Waals surface area contributed by atoms with E-state index in [9.17, 15) is 0 Å². The van der Waals surface area contributed by atoms with Crippen molar-refractivity contribution in [3.05, 3.63) is 29.8 Å². The summed E-state index contributed by atoms with van der Waals surface area (Å²) in [6, 6.07) is 3.99. The summed E-state index contributed by atoms with van der Waals surface area (Å²) >= 11 is 0. The molecule has 2 rings (SSSR count). The SMILES string of the molecule is CNCc1nc(-c2ccc[nH]2)c(C)[nH]1. The monoisotopic (exact) mass is 190 g/mol. The van der Waals surface area contributed by atoms with E-state index in [0.29, 0.717) is 0 Å². The van der Waals surface area contributed by atoms with Crippen LogP contribution in [0.15, 0.2) is 18.3 Å². The number of nitrogens with one attached hydrogen (secondary N) is 3. The smallest absolute Gasteiger partial charge is 0.121 e. The lowest BCUT2D eigenvalue weighted by molar-refractivity contribution is 0.770. The van der Waals surface area contributed by atoms with E-state index in [4.69, 9.17) is 0 Å². The van der Waals surface area contributed by atoms with Gasteiger partial charge in [-0.25, -0.2) is 4.98 Å². The molecule has 4 heteroatoms. The van der Waals surface area contributed by atoms with Crippen molar-refractivity contribution in [1.29, 1.82) is 0 Å². The molecule has 4 nitrogen and oxygen atoms in total. The molecular weight excluding hydrogens is 176 g/mol. The maximum absolute atomic E-state index is 4.49. The quantitative estimate of drug-likeness (QED) is 0.685. The molecule has 74 valence electrons. The van der Waals surface area contributed by atoms with Gasteiger partial charge in [0, 0.05) is 11.9 Å². The highest BCUT2D eigenvalue weighted by Crippen LogP contribution is 2.18. The summed E-state index contributed by atoms with van der Waals surface area (Å²) in [5.74, 6) is 0.967. The molecule has 0 radical (unpaired) electrons. The molecule has 0 aliphatic carbocycles. The van der Waals surface area contributed by atoms with Gasteiger partial charge in [0.25, 0.3) is 0 Å². The van der Waals surface area contributed by atoms with E-state index in [0.717, 1.165) is 29.5 Å². The van der Waals surface area contributed by atoms with E-state index in [1.807, 2.05) is 32.3 Å². The molecule has 0 unspecified atom stereocenters. The molecule has 2 heterocycles. The summed E-state index contributed by atoms with van der Waals surface area (Å²) < 4.78 is 0. The first-order chi connectivity index (χ1) is 6.81. The first-order valence-corrected chi connectivity index (χ1v) is 4.65. The van der Waals surface area contributed by atoms with Crippen molar-refractivity contribution < 1.29 is 0 Å². The van der Waals surface area contributed by atoms with Crippen LogP contribution in [0.2, 0.25) is 0 Å². The molecule has 0 saturated heterocycles. The molecule has 0 bridgehead atoms. The number of nitrogens with zero attached hydrogens (tertiary/aromatic N) is 1. The van der Waals surface area contributed by atoms with Gasteiger partial charge >= 0.3 is 0 Å². The third-order valence-electron chi connectivity index (χ3n) is 2.13. The van der Waals surface area contributed by atoms with Crippen LogP contribution in [0, 0.1) is 6.92 Å². The fourth-order valence-electron chi connectivity index (χ4n) is 1.51. The molecule has 0 fully saturated rings. The van der Waals surface area contributed by atoms with Crippen LogP contribution in [-0.4, -0.2) is 22.0 Å². The molecule has 0 saturated carbocycles. The molecule has 14 heavy (non-hydrogen) atoms. The Kier molecular flexibility index (Phi) is 2.37. The zero-order valence-electron chi connectivity index (χ0n) is 8.39. The topological polar surface area (TPSA) is 56.5 Å². The Labute approximate surface area is 82.8 Å². The second-order valence-corrected chi connectivity index (χ2v) is 3.27. The Morgan fingerprint density at radius 2 is 2.36 bits per heavy atom. The molecule has 0 aliphatic rings. The second-order valence-electron chi connectivity index (χ2n) is 3.27. The predicted molar refractivity (Wildman–Crippen MR) is 55.9 cm³/mol. The fourth-order valence-corrected chi connectivity index (χ4v) is 1.51. The van der Waals surface area contributed by atoms with E-state index in [1.165, 1.54) is 0 Å². The molecule has 3 N–H and O–H groups in total. The van der Waals surface area contributed by atoms with Gasteiger partial charge in [0.1, 0.15) is 11.5 Å². The van der Waals surface area contributed by atoms with Gasteiger partial charge in [-0.1, -0.05) is 0 Å². The number of hydrogen-bond acceptors (Lipinski definition) is 2.